The second kappa shape index (κ2) is 8.15. The van der Waals surface area contributed by atoms with Crippen molar-refractivity contribution in [2.24, 2.45) is 0 Å². The zero-order valence-electron chi connectivity index (χ0n) is 16.5. The lowest BCUT2D eigenvalue weighted by Crippen LogP contribution is -2.41. The SMILES string of the molecule is CC(C)(C)OC(=O)NC1CCN(c2ncccc2C(=O)N2CCCCC2)C1. The Morgan fingerprint density at radius 3 is 2.63 bits per heavy atom. The van der Waals surface area contributed by atoms with Gasteiger partial charge < -0.3 is 19.9 Å². The Hall–Kier alpha value is -2.31. The van der Waals surface area contributed by atoms with Crippen LogP contribution in [0.1, 0.15) is 56.8 Å². The van der Waals surface area contributed by atoms with Gasteiger partial charge in [0, 0.05) is 32.4 Å². The van der Waals surface area contributed by atoms with Crippen LogP contribution < -0.4 is 10.2 Å². The minimum absolute atomic E-state index is 0.0141. The molecule has 1 unspecified atom stereocenters. The first-order valence-corrected chi connectivity index (χ1v) is 9.82. The Bertz CT molecular complexity index is 680. The van der Waals surface area contributed by atoms with Crippen molar-refractivity contribution in [1.82, 2.24) is 15.2 Å². The maximum absolute atomic E-state index is 13.0. The van der Waals surface area contributed by atoms with Crippen molar-refractivity contribution >= 4 is 17.8 Å². The van der Waals surface area contributed by atoms with E-state index in [0.717, 1.165) is 38.9 Å². The van der Waals surface area contributed by atoms with E-state index in [9.17, 15) is 9.59 Å². The van der Waals surface area contributed by atoms with E-state index in [4.69, 9.17) is 4.74 Å². The molecule has 2 aliphatic rings. The normalized spacial score (nSPS) is 20.5. The lowest BCUT2D eigenvalue weighted by molar-refractivity contribution is 0.0508. The maximum atomic E-state index is 13.0. The van der Waals surface area contributed by atoms with Crippen LogP contribution in [0.25, 0.3) is 0 Å². The molecule has 2 saturated heterocycles. The highest BCUT2D eigenvalue weighted by Gasteiger charge is 2.30. The standard InChI is InChI=1S/C20H30N4O3/c1-20(2,3)27-19(26)22-15-9-13-24(14-15)17-16(8-7-10-21-17)18(25)23-11-5-4-6-12-23/h7-8,10,15H,4-6,9,11-14H2,1-3H3,(H,22,26). The smallest absolute Gasteiger partial charge is 0.407 e. The third-order valence-electron chi connectivity index (χ3n) is 4.87. The zero-order chi connectivity index (χ0) is 19.4. The van der Waals surface area contributed by atoms with Crippen LogP contribution in [0.3, 0.4) is 0 Å². The summed E-state index contributed by atoms with van der Waals surface area (Å²) in [6.45, 7) is 8.54. The topological polar surface area (TPSA) is 74.8 Å². The summed E-state index contributed by atoms with van der Waals surface area (Å²) in [6, 6.07) is 3.65. The molecule has 27 heavy (non-hydrogen) atoms. The summed E-state index contributed by atoms with van der Waals surface area (Å²) < 4.78 is 5.34. The molecule has 1 N–H and O–H groups in total. The Kier molecular flexibility index (Phi) is 5.87. The van der Waals surface area contributed by atoms with Gasteiger partial charge in [0.2, 0.25) is 0 Å². The number of nitrogens with zero attached hydrogens (tertiary/aromatic N) is 3. The van der Waals surface area contributed by atoms with Crippen molar-refractivity contribution < 1.29 is 14.3 Å². The van der Waals surface area contributed by atoms with Crippen LogP contribution >= 0.6 is 0 Å². The summed E-state index contributed by atoms with van der Waals surface area (Å²) in [4.78, 5) is 33.5. The fourth-order valence-electron chi connectivity index (χ4n) is 3.63. The molecule has 1 aromatic heterocycles. The second-order valence-corrected chi connectivity index (χ2v) is 8.31. The first-order chi connectivity index (χ1) is 12.8. The molecule has 0 aliphatic carbocycles. The van der Waals surface area contributed by atoms with Gasteiger partial charge in [-0.05, 0) is 58.6 Å². The van der Waals surface area contributed by atoms with Gasteiger partial charge in [-0.25, -0.2) is 9.78 Å². The summed E-state index contributed by atoms with van der Waals surface area (Å²) >= 11 is 0. The number of anilines is 1. The van der Waals surface area contributed by atoms with E-state index < -0.39 is 11.7 Å². The summed E-state index contributed by atoms with van der Waals surface area (Å²) in [7, 11) is 0. The van der Waals surface area contributed by atoms with Crippen molar-refractivity contribution in [3.8, 4) is 0 Å². The molecular weight excluding hydrogens is 344 g/mol. The highest BCUT2D eigenvalue weighted by Crippen LogP contribution is 2.25. The molecule has 0 aromatic carbocycles. The molecule has 3 heterocycles. The number of nitrogens with one attached hydrogen (secondary N) is 1. The number of likely N-dealkylation sites (tertiary alicyclic amines) is 1. The number of amides is 2. The van der Waals surface area contributed by atoms with Gasteiger partial charge in [0.25, 0.3) is 5.91 Å². The molecule has 0 spiro atoms. The molecular formula is C20H30N4O3. The molecule has 1 aromatic rings. The number of ether oxygens (including phenoxy) is 1. The third-order valence-corrected chi connectivity index (χ3v) is 4.87. The Labute approximate surface area is 161 Å². The molecule has 2 amide bonds. The largest absolute Gasteiger partial charge is 0.444 e. The quantitative estimate of drug-likeness (QED) is 0.881. The van der Waals surface area contributed by atoms with Crippen LogP contribution in [0.5, 0.6) is 0 Å². The van der Waals surface area contributed by atoms with E-state index in [1.54, 1.807) is 6.20 Å². The van der Waals surface area contributed by atoms with E-state index in [1.165, 1.54) is 6.42 Å². The predicted molar refractivity (Wildman–Crippen MR) is 104 cm³/mol. The number of hydrogen-bond acceptors (Lipinski definition) is 5. The molecule has 7 heteroatoms. The molecule has 148 valence electrons. The van der Waals surface area contributed by atoms with Gasteiger partial charge in [-0.1, -0.05) is 0 Å². The van der Waals surface area contributed by atoms with Gasteiger partial charge in [-0.3, -0.25) is 4.79 Å². The lowest BCUT2D eigenvalue weighted by atomic mass is 10.1. The third kappa shape index (κ3) is 5.11. The second-order valence-electron chi connectivity index (χ2n) is 8.31. The lowest BCUT2D eigenvalue weighted by Gasteiger charge is -2.28. The van der Waals surface area contributed by atoms with Crippen molar-refractivity contribution in [2.45, 2.75) is 58.1 Å². The predicted octanol–water partition coefficient (Wildman–Crippen LogP) is 2.81. The molecule has 2 aliphatic heterocycles. The van der Waals surface area contributed by atoms with Gasteiger partial charge in [0.05, 0.1) is 11.6 Å². The number of pyridine rings is 1. The molecule has 7 nitrogen and oxygen atoms in total. The highest BCUT2D eigenvalue weighted by molar-refractivity contribution is 5.99. The van der Waals surface area contributed by atoms with E-state index in [0.29, 0.717) is 17.9 Å². The summed E-state index contributed by atoms with van der Waals surface area (Å²) in [5.74, 6) is 0.767. The van der Waals surface area contributed by atoms with E-state index in [-0.39, 0.29) is 11.9 Å². The van der Waals surface area contributed by atoms with Crippen molar-refractivity contribution in [3.05, 3.63) is 23.9 Å². The van der Waals surface area contributed by atoms with Gasteiger partial charge >= 0.3 is 6.09 Å². The van der Waals surface area contributed by atoms with Gasteiger partial charge in [0.15, 0.2) is 0 Å². The first-order valence-electron chi connectivity index (χ1n) is 9.82. The number of rotatable bonds is 3. The number of carbonyl (C=O) groups excluding carboxylic acids is 2. The van der Waals surface area contributed by atoms with E-state index in [2.05, 4.69) is 15.2 Å². The summed E-state index contributed by atoms with van der Waals surface area (Å²) in [5, 5.41) is 2.92. The monoisotopic (exact) mass is 374 g/mol. The number of piperidine rings is 1. The number of hydrogen-bond donors (Lipinski definition) is 1. The Morgan fingerprint density at radius 2 is 1.93 bits per heavy atom. The van der Waals surface area contributed by atoms with E-state index in [1.807, 2.05) is 37.8 Å². The molecule has 1 atom stereocenters. The van der Waals surface area contributed by atoms with Crippen LogP contribution in [0, 0.1) is 0 Å². The summed E-state index contributed by atoms with van der Waals surface area (Å²) in [6.07, 6.45) is 5.43. The van der Waals surface area contributed by atoms with E-state index >= 15 is 0 Å². The van der Waals surface area contributed by atoms with Crippen LogP contribution in [0.4, 0.5) is 10.6 Å². The summed E-state index contributed by atoms with van der Waals surface area (Å²) in [5.41, 5.74) is 0.134. The van der Waals surface area contributed by atoms with Crippen LogP contribution in [-0.4, -0.2) is 59.7 Å². The van der Waals surface area contributed by atoms with Crippen LogP contribution in [-0.2, 0) is 4.74 Å². The number of aromatic nitrogens is 1. The molecule has 3 rings (SSSR count). The average molecular weight is 374 g/mol. The first kappa shape index (κ1) is 19.5. The van der Waals surface area contributed by atoms with Crippen molar-refractivity contribution in [2.75, 3.05) is 31.1 Å². The number of alkyl carbamates (subject to hydrolysis) is 1. The van der Waals surface area contributed by atoms with Crippen molar-refractivity contribution in [1.29, 1.82) is 0 Å². The fourth-order valence-corrected chi connectivity index (χ4v) is 3.63. The maximum Gasteiger partial charge on any atom is 0.407 e. The van der Waals surface area contributed by atoms with Crippen LogP contribution in [0.2, 0.25) is 0 Å². The van der Waals surface area contributed by atoms with Crippen LogP contribution in [0.15, 0.2) is 18.3 Å². The molecule has 0 bridgehead atoms. The molecule has 0 saturated carbocycles. The molecule has 2 fully saturated rings. The van der Waals surface area contributed by atoms with Gasteiger partial charge in [-0.2, -0.15) is 0 Å². The minimum Gasteiger partial charge on any atom is -0.444 e. The Balaban J connectivity index is 1.65. The minimum atomic E-state index is -0.516. The fraction of sp³-hybridized carbons (Fsp3) is 0.650. The molecule has 0 radical (unpaired) electrons. The Morgan fingerprint density at radius 1 is 1.19 bits per heavy atom. The van der Waals surface area contributed by atoms with Crippen molar-refractivity contribution in [3.63, 3.8) is 0 Å². The zero-order valence-corrected chi connectivity index (χ0v) is 16.5. The average Bonchev–Trinajstić information content (AvgIpc) is 3.08. The van der Waals surface area contributed by atoms with Gasteiger partial charge in [-0.15, -0.1) is 0 Å². The highest BCUT2D eigenvalue weighted by atomic mass is 16.6. The van der Waals surface area contributed by atoms with Gasteiger partial charge in [0.1, 0.15) is 11.4 Å². The number of carbonyl (C=O) groups is 2.